The number of aromatic nitrogens is 1. The van der Waals surface area contributed by atoms with Crippen LogP contribution in [0.5, 0.6) is 0 Å². The van der Waals surface area contributed by atoms with Crippen molar-refractivity contribution in [1.82, 2.24) is 8.87 Å². The molecule has 34 heavy (non-hydrogen) atoms. The van der Waals surface area contributed by atoms with Crippen molar-refractivity contribution in [3.05, 3.63) is 96.2 Å². The third-order valence-corrected chi connectivity index (χ3v) is 7.77. The van der Waals surface area contributed by atoms with Crippen molar-refractivity contribution in [2.24, 2.45) is 0 Å². The van der Waals surface area contributed by atoms with Gasteiger partial charge in [0.05, 0.1) is 10.4 Å². The van der Waals surface area contributed by atoms with Gasteiger partial charge < -0.3 is 10.2 Å². The van der Waals surface area contributed by atoms with Crippen LogP contribution in [-0.2, 0) is 14.8 Å². The predicted molar refractivity (Wildman–Crippen MR) is 137 cm³/mol. The second kappa shape index (κ2) is 9.35. The van der Waals surface area contributed by atoms with Crippen LogP contribution < -0.4 is 5.32 Å². The lowest BCUT2D eigenvalue weighted by Gasteiger charge is -2.27. The fraction of sp³-hybridized carbons (Fsp3) is 0.222. The normalized spacial score (nSPS) is 13.4. The minimum Gasteiger partial charge on any atom is -0.373 e. The van der Waals surface area contributed by atoms with Gasteiger partial charge in [0.15, 0.2) is 0 Å². The average Bonchev–Trinajstić information content (AvgIpc) is 3.23. The first kappa shape index (κ1) is 23.6. The molecule has 0 bridgehead atoms. The van der Waals surface area contributed by atoms with Crippen LogP contribution in [0.3, 0.4) is 0 Å². The van der Waals surface area contributed by atoms with E-state index in [4.69, 9.17) is 0 Å². The molecule has 4 aromatic rings. The van der Waals surface area contributed by atoms with Crippen LogP contribution in [0.2, 0.25) is 0 Å². The summed E-state index contributed by atoms with van der Waals surface area (Å²) in [5.41, 5.74) is 3.18. The zero-order chi connectivity index (χ0) is 24.5. The topological polar surface area (TPSA) is 71.4 Å². The van der Waals surface area contributed by atoms with E-state index in [0.29, 0.717) is 5.52 Å². The van der Waals surface area contributed by atoms with Crippen LogP contribution in [-0.4, -0.2) is 43.3 Å². The standard InChI is InChI=1S/C27H29N3O3S/c1-19-14-16-22(17-15-19)34(32,33)30-18-24(23-12-8-9-13-25(23)30)20(2)26(27(31)29(3)4)28-21-10-6-5-7-11-21/h5-18,20,26,28H,1-4H3/t20-,26-/m0/s1. The van der Waals surface area contributed by atoms with Gasteiger partial charge in [0, 0.05) is 37.3 Å². The van der Waals surface area contributed by atoms with Gasteiger partial charge in [0.1, 0.15) is 6.04 Å². The molecule has 0 aliphatic heterocycles. The first-order valence-electron chi connectivity index (χ1n) is 11.1. The number of nitrogens with zero attached hydrogens (tertiary/aromatic N) is 2. The lowest BCUT2D eigenvalue weighted by atomic mass is 9.91. The van der Waals surface area contributed by atoms with Gasteiger partial charge in [-0.15, -0.1) is 0 Å². The Kier molecular flexibility index (Phi) is 6.48. The third kappa shape index (κ3) is 4.43. The molecule has 2 atom stereocenters. The Morgan fingerprint density at radius 3 is 2.18 bits per heavy atom. The molecule has 176 valence electrons. The summed E-state index contributed by atoms with van der Waals surface area (Å²) < 4.78 is 28.5. The van der Waals surface area contributed by atoms with Gasteiger partial charge in [-0.2, -0.15) is 0 Å². The minimum atomic E-state index is -3.82. The molecule has 0 aliphatic rings. The maximum atomic E-state index is 13.6. The average molecular weight is 476 g/mol. The van der Waals surface area contributed by atoms with E-state index in [1.165, 1.54) is 3.97 Å². The van der Waals surface area contributed by atoms with Crippen molar-refractivity contribution in [1.29, 1.82) is 0 Å². The molecule has 0 saturated heterocycles. The minimum absolute atomic E-state index is 0.0884. The molecule has 0 saturated carbocycles. The quantitative estimate of drug-likeness (QED) is 0.414. The monoisotopic (exact) mass is 475 g/mol. The molecule has 0 spiro atoms. The second-order valence-corrected chi connectivity index (χ2v) is 10.5. The predicted octanol–water partition coefficient (Wildman–Crippen LogP) is 4.86. The van der Waals surface area contributed by atoms with Crippen molar-refractivity contribution in [3.63, 3.8) is 0 Å². The number of likely N-dealkylation sites (N-methyl/N-ethyl adjacent to an activating group) is 1. The molecule has 1 N–H and O–H groups in total. The van der Waals surface area contributed by atoms with Gasteiger partial charge in [-0.05, 0) is 42.8 Å². The van der Waals surface area contributed by atoms with E-state index in [1.54, 1.807) is 55.5 Å². The number of anilines is 1. The first-order chi connectivity index (χ1) is 16.2. The number of benzene rings is 3. The molecule has 3 aromatic carbocycles. The Balaban J connectivity index is 1.83. The maximum Gasteiger partial charge on any atom is 0.268 e. The molecular weight excluding hydrogens is 446 g/mol. The molecular formula is C27H29N3O3S. The number of aryl methyl sites for hydroxylation is 1. The molecule has 1 amide bonds. The molecule has 1 heterocycles. The van der Waals surface area contributed by atoms with Crippen molar-refractivity contribution in [2.45, 2.75) is 30.7 Å². The summed E-state index contributed by atoms with van der Waals surface area (Å²) in [6.45, 7) is 3.87. The molecule has 4 rings (SSSR count). The third-order valence-electron chi connectivity index (χ3n) is 6.08. The zero-order valence-electron chi connectivity index (χ0n) is 19.8. The summed E-state index contributed by atoms with van der Waals surface area (Å²) in [5, 5.41) is 4.16. The highest BCUT2D eigenvalue weighted by atomic mass is 32.2. The van der Waals surface area contributed by atoms with Crippen LogP contribution in [0.4, 0.5) is 5.69 Å². The number of carbonyl (C=O) groups is 1. The van der Waals surface area contributed by atoms with Gasteiger partial charge in [-0.25, -0.2) is 12.4 Å². The molecule has 7 heteroatoms. The van der Waals surface area contributed by atoms with E-state index in [9.17, 15) is 13.2 Å². The van der Waals surface area contributed by atoms with Crippen LogP contribution in [0.25, 0.3) is 10.9 Å². The fourth-order valence-corrected chi connectivity index (χ4v) is 5.51. The Morgan fingerprint density at radius 2 is 1.53 bits per heavy atom. The van der Waals surface area contributed by atoms with Crippen molar-refractivity contribution >= 4 is 32.5 Å². The van der Waals surface area contributed by atoms with Crippen LogP contribution in [0.1, 0.15) is 24.0 Å². The highest BCUT2D eigenvalue weighted by Gasteiger charge is 2.31. The summed E-state index contributed by atoms with van der Waals surface area (Å²) in [5.74, 6) is -0.399. The molecule has 0 fully saturated rings. The van der Waals surface area contributed by atoms with Crippen molar-refractivity contribution in [2.75, 3.05) is 19.4 Å². The molecule has 0 radical (unpaired) electrons. The van der Waals surface area contributed by atoms with E-state index in [0.717, 1.165) is 22.2 Å². The van der Waals surface area contributed by atoms with E-state index < -0.39 is 16.1 Å². The molecule has 1 aromatic heterocycles. The Hall–Kier alpha value is -3.58. The van der Waals surface area contributed by atoms with Crippen LogP contribution in [0, 0.1) is 6.92 Å². The first-order valence-corrected chi connectivity index (χ1v) is 12.6. The number of carbonyl (C=O) groups excluding carboxylic acids is 1. The Morgan fingerprint density at radius 1 is 0.912 bits per heavy atom. The number of fused-ring (bicyclic) bond motifs is 1. The van der Waals surface area contributed by atoms with Crippen LogP contribution in [0.15, 0.2) is 90.0 Å². The molecule has 0 unspecified atom stereocenters. The molecule has 0 aliphatic carbocycles. The number of para-hydroxylation sites is 2. The Bertz CT molecular complexity index is 1410. The smallest absolute Gasteiger partial charge is 0.268 e. The van der Waals surface area contributed by atoms with Gasteiger partial charge in [0.2, 0.25) is 5.91 Å². The highest BCUT2D eigenvalue weighted by Crippen LogP contribution is 2.33. The van der Waals surface area contributed by atoms with E-state index in [1.807, 2.05) is 62.4 Å². The number of nitrogens with one attached hydrogen (secondary N) is 1. The number of amides is 1. The van der Waals surface area contributed by atoms with Gasteiger partial charge >= 0.3 is 0 Å². The SMILES string of the molecule is Cc1ccc(S(=O)(=O)n2cc([C@H](C)[C@H](Nc3ccccc3)C(=O)N(C)C)c3ccccc32)cc1. The maximum absolute atomic E-state index is 13.6. The van der Waals surface area contributed by atoms with Crippen molar-refractivity contribution < 1.29 is 13.2 Å². The second-order valence-electron chi connectivity index (χ2n) is 8.72. The number of rotatable bonds is 7. The number of hydrogen-bond donors (Lipinski definition) is 1. The summed E-state index contributed by atoms with van der Waals surface area (Å²) in [6.07, 6.45) is 1.66. The van der Waals surface area contributed by atoms with Gasteiger partial charge in [-0.1, -0.05) is 61.0 Å². The van der Waals surface area contributed by atoms with E-state index >= 15 is 0 Å². The molecule has 6 nitrogen and oxygen atoms in total. The zero-order valence-corrected chi connectivity index (χ0v) is 20.6. The lowest BCUT2D eigenvalue weighted by Crippen LogP contribution is -2.42. The highest BCUT2D eigenvalue weighted by molar-refractivity contribution is 7.90. The largest absolute Gasteiger partial charge is 0.373 e. The summed E-state index contributed by atoms with van der Waals surface area (Å²) >= 11 is 0. The van der Waals surface area contributed by atoms with E-state index in [-0.39, 0.29) is 16.7 Å². The number of hydrogen-bond acceptors (Lipinski definition) is 4. The summed E-state index contributed by atoms with van der Waals surface area (Å²) in [4.78, 5) is 15.0. The Labute approximate surface area is 200 Å². The van der Waals surface area contributed by atoms with Crippen molar-refractivity contribution in [3.8, 4) is 0 Å². The summed E-state index contributed by atoms with van der Waals surface area (Å²) in [6, 6.07) is 23.2. The lowest BCUT2D eigenvalue weighted by molar-refractivity contribution is -0.129. The summed E-state index contributed by atoms with van der Waals surface area (Å²) in [7, 11) is -0.371. The van der Waals surface area contributed by atoms with Crippen LogP contribution >= 0.6 is 0 Å². The van der Waals surface area contributed by atoms with E-state index in [2.05, 4.69) is 5.32 Å². The van der Waals surface area contributed by atoms with Gasteiger partial charge in [-0.3, -0.25) is 4.79 Å². The van der Waals surface area contributed by atoms with Gasteiger partial charge in [0.25, 0.3) is 10.0 Å². The fourth-order valence-electron chi connectivity index (χ4n) is 4.13.